The summed E-state index contributed by atoms with van der Waals surface area (Å²) in [5.41, 5.74) is 3.14. The van der Waals surface area contributed by atoms with Crippen LogP contribution in [0, 0.1) is 29.6 Å². The third-order valence-electron chi connectivity index (χ3n) is 10.6. The van der Waals surface area contributed by atoms with Crippen molar-refractivity contribution in [2.45, 2.75) is 31.6 Å². The number of rotatable bonds is 8. The van der Waals surface area contributed by atoms with Gasteiger partial charge in [-0.2, -0.15) is 0 Å². The number of carbonyl (C=O) groups is 4. The largest absolute Gasteiger partial charge is 0.508 e. The molecule has 2 aliphatic heterocycles. The van der Waals surface area contributed by atoms with Crippen molar-refractivity contribution in [2.24, 2.45) is 29.6 Å². The summed E-state index contributed by atoms with van der Waals surface area (Å²) in [7, 11) is 1.40. The molecular formula is C37H35ClN2O8. The Morgan fingerprint density at radius 2 is 1.27 bits per heavy atom. The van der Waals surface area contributed by atoms with Gasteiger partial charge in [0.1, 0.15) is 11.5 Å². The number of aromatic hydroxyl groups is 3. The Kier molecular flexibility index (Phi) is 8.15. The fourth-order valence-corrected chi connectivity index (χ4v) is 8.49. The van der Waals surface area contributed by atoms with E-state index in [1.165, 1.54) is 16.9 Å². The number of phenolic OH excluding ortho intramolecular Hbond substituents is 3. The highest BCUT2D eigenvalue weighted by molar-refractivity contribution is 6.32. The summed E-state index contributed by atoms with van der Waals surface area (Å²) in [4.78, 5) is 58.7. The Hall–Kier alpha value is -4.83. The number of methoxy groups -OCH3 is 1. The van der Waals surface area contributed by atoms with Crippen molar-refractivity contribution in [3.8, 4) is 23.0 Å². The highest BCUT2D eigenvalue weighted by Gasteiger charge is 2.61. The van der Waals surface area contributed by atoms with Crippen molar-refractivity contribution in [2.75, 3.05) is 20.2 Å². The number of nitrogens with zero attached hydrogens (tertiary/aromatic N) is 2. The van der Waals surface area contributed by atoms with Gasteiger partial charge in [0.25, 0.3) is 0 Å². The third-order valence-corrected chi connectivity index (χ3v) is 10.9. The van der Waals surface area contributed by atoms with Crippen molar-refractivity contribution in [3.63, 3.8) is 0 Å². The van der Waals surface area contributed by atoms with E-state index in [2.05, 4.69) is 0 Å². The van der Waals surface area contributed by atoms with Gasteiger partial charge in [0.2, 0.25) is 23.6 Å². The van der Waals surface area contributed by atoms with Crippen LogP contribution in [0.25, 0.3) is 0 Å². The van der Waals surface area contributed by atoms with Crippen LogP contribution in [0.4, 0.5) is 0 Å². The summed E-state index contributed by atoms with van der Waals surface area (Å²) in [5.74, 6) is -4.84. The molecule has 3 N–H and O–H groups in total. The molecule has 1 saturated carbocycles. The van der Waals surface area contributed by atoms with Gasteiger partial charge in [-0.3, -0.25) is 29.0 Å². The van der Waals surface area contributed by atoms with E-state index in [1.807, 2.05) is 6.08 Å². The number of imide groups is 2. The van der Waals surface area contributed by atoms with Crippen molar-refractivity contribution >= 4 is 35.2 Å². The SMILES string of the molecule is COc1cc([C@H]2C3=CC[C@@H]4C(=O)N(CCc5ccc(O)cc5)C(=O)[C@@H]4[C@@H]3C[C@H]3C(=O)N(CCc4ccc(O)cc4)C(=O)[C@@H]23)cc(Cl)c1O. The van der Waals surface area contributed by atoms with Crippen molar-refractivity contribution in [3.05, 3.63) is 94.0 Å². The molecule has 3 fully saturated rings. The van der Waals surface area contributed by atoms with E-state index in [-0.39, 0.29) is 71.2 Å². The molecule has 2 heterocycles. The van der Waals surface area contributed by atoms with Crippen LogP contribution >= 0.6 is 11.6 Å². The number of halogens is 1. The second-order valence-corrected chi connectivity index (χ2v) is 13.5. The lowest BCUT2D eigenvalue weighted by molar-refractivity contribution is -0.142. The Morgan fingerprint density at radius 1 is 0.729 bits per heavy atom. The molecule has 4 aliphatic rings. The van der Waals surface area contributed by atoms with Crippen molar-refractivity contribution < 1.29 is 39.2 Å². The molecule has 7 rings (SSSR count). The number of likely N-dealkylation sites (tertiary alicyclic amines) is 2. The summed E-state index contributed by atoms with van der Waals surface area (Å²) in [6, 6.07) is 16.5. The van der Waals surface area contributed by atoms with Crippen LogP contribution in [0.1, 0.15) is 35.4 Å². The molecule has 6 atom stereocenters. The molecule has 0 bridgehead atoms. The van der Waals surface area contributed by atoms with E-state index < -0.39 is 35.5 Å². The molecule has 0 radical (unpaired) electrons. The first kappa shape index (κ1) is 31.8. The van der Waals surface area contributed by atoms with Gasteiger partial charge >= 0.3 is 0 Å². The second-order valence-electron chi connectivity index (χ2n) is 13.1. The number of carbonyl (C=O) groups excluding carboxylic acids is 4. The zero-order valence-electron chi connectivity index (χ0n) is 26.2. The van der Waals surface area contributed by atoms with Gasteiger partial charge in [-0.15, -0.1) is 0 Å². The van der Waals surface area contributed by atoms with Gasteiger partial charge in [0.05, 0.1) is 35.8 Å². The minimum absolute atomic E-state index is 0.0331. The number of fused-ring (bicyclic) bond motifs is 4. The average molecular weight is 671 g/mol. The van der Waals surface area contributed by atoms with Crippen molar-refractivity contribution in [1.29, 1.82) is 0 Å². The summed E-state index contributed by atoms with van der Waals surface area (Å²) in [6.45, 7) is 0.347. The lowest BCUT2D eigenvalue weighted by Crippen LogP contribution is -2.43. The predicted octanol–water partition coefficient (Wildman–Crippen LogP) is 4.59. The highest BCUT2D eigenvalue weighted by Crippen LogP contribution is 2.58. The van der Waals surface area contributed by atoms with E-state index in [1.54, 1.807) is 60.7 Å². The monoisotopic (exact) mass is 670 g/mol. The highest BCUT2D eigenvalue weighted by atomic mass is 35.5. The zero-order valence-corrected chi connectivity index (χ0v) is 27.0. The molecule has 11 heteroatoms. The van der Waals surface area contributed by atoms with Crippen LogP contribution in [0.15, 0.2) is 72.3 Å². The van der Waals surface area contributed by atoms with Gasteiger partial charge in [0, 0.05) is 19.0 Å². The van der Waals surface area contributed by atoms with Crippen LogP contribution in [-0.4, -0.2) is 68.9 Å². The molecule has 0 spiro atoms. The van der Waals surface area contributed by atoms with Gasteiger partial charge in [-0.25, -0.2) is 0 Å². The quantitative estimate of drug-likeness (QED) is 0.233. The molecule has 248 valence electrons. The molecule has 2 saturated heterocycles. The van der Waals surface area contributed by atoms with Crippen molar-refractivity contribution in [1.82, 2.24) is 9.80 Å². The number of hydrogen-bond acceptors (Lipinski definition) is 8. The number of hydrogen-bond donors (Lipinski definition) is 3. The maximum Gasteiger partial charge on any atom is 0.234 e. The smallest absolute Gasteiger partial charge is 0.234 e. The normalized spacial score (nSPS) is 26.3. The van der Waals surface area contributed by atoms with Crippen LogP contribution in [0.5, 0.6) is 23.0 Å². The minimum atomic E-state index is -0.764. The standard InChI is InChI=1S/C37H35ClN2O8/c1-48-29-17-21(16-28(38)33(29)43)30-24-10-11-25-31(36(46)39(34(25)44)14-12-19-2-6-22(41)7-3-19)26(24)18-27-32(30)37(47)40(35(27)45)15-13-20-4-8-23(42)9-5-20/h2-10,16-17,25-27,30-32,41-43H,11-15,18H2,1H3/t25-,26+,27+,30-,31-,32+/m0/s1. The molecule has 3 aromatic rings. The van der Waals surface area contributed by atoms with Gasteiger partial charge in [-0.05, 0) is 84.7 Å². The first-order valence-electron chi connectivity index (χ1n) is 16.1. The van der Waals surface area contributed by atoms with Gasteiger partial charge < -0.3 is 20.1 Å². The molecule has 2 aliphatic carbocycles. The lowest BCUT2D eigenvalue weighted by atomic mass is 9.57. The topological polar surface area (TPSA) is 145 Å². The predicted molar refractivity (Wildman–Crippen MR) is 174 cm³/mol. The lowest BCUT2D eigenvalue weighted by Gasteiger charge is -2.44. The molecule has 0 aromatic heterocycles. The number of amides is 4. The third kappa shape index (κ3) is 5.28. The number of phenols is 3. The summed E-state index contributed by atoms with van der Waals surface area (Å²) >= 11 is 6.45. The molecule has 3 aromatic carbocycles. The number of benzene rings is 3. The molecule has 0 unspecified atom stereocenters. The maximum absolute atomic E-state index is 14.2. The van der Waals surface area contributed by atoms with Crippen LogP contribution in [-0.2, 0) is 32.0 Å². The van der Waals surface area contributed by atoms with E-state index in [0.717, 1.165) is 16.7 Å². The van der Waals surface area contributed by atoms with E-state index >= 15 is 0 Å². The summed E-state index contributed by atoms with van der Waals surface area (Å²) in [6.07, 6.45) is 3.37. The van der Waals surface area contributed by atoms with Gasteiger partial charge in [-0.1, -0.05) is 47.5 Å². The van der Waals surface area contributed by atoms with Crippen LogP contribution in [0.3, 0.4) is 0 Å². The van der Waals surface area contributed by atoms with E-state index in [0.29, 0.717) is 24.8 Å². The maximum atomic E-state index is 14.2. The molecular weight excluding hydrogens is 636 g/mol. The summed E-state index contributed by atoms with van der Waals surface area (Å²) in [5, 5.41) is 29.9. The Bertz CT molecular complexity index is 1840. The van der Waals surface area contributed by atoms with Gasteiger partial charge in [0.15, 0.2) is 11.5 Å². The Morgan fingerprint density at radius 3 is 1.83 bits per heavy atom. The fourth-order valence-electron chi connectivity index (χ4n) is 8.27. The van der Waals surface area contributed by atoms with Crippen LogP contribution in [0.2, 0.25) is 5.02 Å². The fraction of sp³-hybridized carbons (Fsp3) is 0.351. The Labute approximate surface area is 282 Å². The average Bonchev–Trinajstić information content (AvgIpc) is 3.47. The van der Waals surface area contributed by atoms with E-state index in [4.69, 9.17) is 16.3 Å². The first-order chi connectivity index (χ1) is 23.1. The number of ether oxygens (including phenoxy) is 1. The molecule has 48 heavy (non-hydrogen) atoms. The minimum Gasteiger partial charge on any atom is -0.508 e. The molecule has 4 amide bonds. The summed E-state index contributed by atoms with van der Waals surface area (Å²) < 4.78 is 5.40. The number of allylic oxidation sites excluding steroid dienone is 2. The first-order valence-corrected chi connectivity index (χ1v) is 16.5. The van der Waals surface area contributed by atoms with Crippen LogP contribution < -0.4 is 4.74 Å². The Balaban J connectivity index is 1.23. The molecule has 10 nitrogen and oxygen atoms in total. The van der Waals surface area contributed by atoms with E-state index in [9.17, 15) is 34.5 Å². The second kappa shape index (κ2) is 12.3. The zero-order chi connectivity index (χ0) is 33.9.